The van der Waals surface area contributed by atoms with E-state index < -0.39 is 0 Å². The zero-order chi connectivity index (χ0) is 16.8. The molecule has 0 saturated carbocycles. The summed E-state index contributed by atoms with van der Waals surface area (Å²) in [5.41, 5.74) is 1.44. The smallest absolute Gasteiger partial charge is 0.251 e. The van der Waals surface area contributed by atoms with Crippen LogP contribution in [0.4, 0.5) is 0 Å². The zero-order valence-corrected chi connectivity index (χ0v) is 13.5. The molecule has 1 heterocycles. The Labute approximate surface area is 135 Å². The van der Waals surface area contributed by atoms with Gasteiger partial charge >= 0.3 is 0 Å². The van der Waals surface area contributed by atoms with Crippen molar-refractivity contribution >= 4 is 17.9 Å². The number of amides is 2. The molecule has 2 aromatic rings. The molecular formula is C18H20N2O3. The third-order valence-corrected chi connectivity index (χ3v) is 3.38. The predicted octanol–water partition coefficient (Wildman–Crippen LogP) is 2.62. The van der Waals surface area contributed by atoms with E-state index in [2.05, 4.69) is 5.32 Å². The van der Waals surface area contributed by atoms with Crippen molar-refractivity contribution in [2.75, 3.05) is 14.1 Å². The van der Waals surface area contributed by atoms with Gasteiger partial charge in [-0.1, -0.05) is 12.1 Å². The lowest BCUT2D eigenvalue weighted by Gasteiger charge is -2.13. The molecule has 5 heteroatoms. The van der Waals surface area contributed by atoms with E-state index in [9.17, 15) is 9.59 Å². The summed E-state index contributed by atoms with van der Waals surface area (Å²) in [6, 6.07) is 10.8. The number of likely N-dealkylation sites (N-methyl/N-ethyl adjacent to an activating group) is 1. The van der Waals surface area contributed by atoms with Crippen molar-refractivity contribution in [1.29, 1.82) is 0 Å². The van der Waals surface area contributed by atoms with Gasteiger partial charge in [-0.3, -0.25) is 9.59 Å². The number of carbonyl (C=O) groups is 2. The fourth-order valence-electron chi connectivity index (χ4n) is 2.07. The van der Waals surface area contributed by atoms with Crippen molar-refractivity contribution in [3.8, 4) is 0 Å². The average molecular weight is 312 g/mol. The molecule has 0 fully saturated rings. The molecule has 0 spiro atoms. The molecule has 0 bridgehead atoms. The fraction of sp³-hybridized carbons (Fsp3) is 0.222. The van der Waals surface area contributed by atoms with E-state index in [0.29, 0.717) is 12.1 Å². The molecule has 1 N–H and O–H groups in total. The van der Waals surface area contributed by atoms with Crippen LogP contribution in [0.1, 0.15) is 27.4 Å². The third-order valence-electron chi connectivity index (χ3n) is 3.38. The summed E-state index contributed by atoms with van der Waals surface area (Å²) in [5, 5.41) is 2.56. The predicted molar refractivity (Wildman–Crippen MR) is 88.8 cm³/mol. The van der Waals surface area contributed by atoms with Crippen molar-refractivity contribution in [2.45, 2.75) is 13.5 Å². The molecule has 2 rings (SSSR count). The number of rotatable bonds is 5. The number of nitrogens with zero attached hydrogens (tertiary/aromatic N) is 1. The van der Waals surface area contributed by atoms with Gasteiger partial charge < -0.3 is 14.6 Å². The maximum absolute atomic E-state index is 12.1. The van der Waals surface area contributed by atoms with Gasteiger partial charge in [0.25, 0.3) is 5.91 Å². The Morgan fingerprint density at radius 1 is 1.17 bits per heavy atom. The van der Waals surface area contributed by atoms with Crippen LogP contribution in [0.3, 0.4) is 0 Å². The number of carbonyl (C=O) groups excluding carboxylic acids is 2. The molecule has 0 saturated heterocycles. The lowest BCUT2D eigenvalue weighted by Crippen LogP contribution is -2.23. The molecule has 1 aromatic carbocycles. The van der Waals surface area contributed by atoms with E-state index >= 15 is 0 Å². The number of benzene rings is 1. The van der Waals surface area contributed by atoms with E-state index in [0.717, 1.165) is 17.1 Å². The summed E-state index contributed by atoms with van der Waals surface area (Å²) in [6.07, 6.45) is 3.23. The molecule has 120 valence electrons. The molecule has 0 radical (unpaired) electrons. The van der Waals surface area contributed by atoms with Crippen LogP contribution in [-0.4, -0.2) is 30.8 Å². The maximum atomic E-state index is 12.1. The van der Waals surface area contributed by atoms with Crippen molar-refractivity contribution < 1.29 is 14.0 Å². The lowest BCUT2D eigenvalue weighted by molar-refractivity contribution is -0.125. The molecule has 0 unspecified atom stereocenters. The highest BCUT2D eigenvalue weighted by molar-refractivity contribution is 5.94. The molecule has 23 heavy (non-hydrogen) atoms. The molecule has 0 aliphatic carbocycles. The number of hydrogen-bond donors (Lipinski definition) is 1. The second-order valence-corrected chi connectivity index (χ2v) is 5.24. The van der Waals surface area contributed by atoms with E-state index in [1.807, 2.05) is 19.1 Å². The second kappa shape index (κ2) is 7.45. The van der Waals surface area contributed by atoms with Gasteiger partial charge in [0.15, 0.2) is 0 Å². The van der Waals surface area contributed by atoms with Crippen LogP contribution in [0.25, 0.3) is 6.08 Å². The molecule has 5 nitrogen and oxygen atoms in total. The summed E-state index contributed by atoms with van der Waals surface area (Å²) in [4.78, 5) is 25.1. The highest BCUT2D eigenvalue weighted by atomic mass is 16.3. The molecule has 0 aliphatic heterocycles. The Hall–Kier alpha value is -2.82. The first-order valence-corrected chi connectivity index (χ1v) is 7.30. The van der Waals surface area contributed by atoms with E-state index in [1.165, 1.54) is 6.08 Å². The number of aryl methyl sites for hydroxylation is 1. The van der Waals surface area contributed by atoms with Gasteiger partial charge in [-0.05, 0) is 42.8 Å². The number of nitrogens with one attached hydrogen (secondary N) is 1. The third kappa shape index (κ3) is 4.57. The van der Waals surface area contributed by atoms with E-state index in [4.69, 9.17) is 4.42 Å². The van der Waals surface area contributed by atoms with Crippen LogP contribution < -0.4 is 5.32 Å². The monoisotopic (exact) mass is 312 g/mol. The van der Waals surface area contributed by atoms with Crippen LogP contribution in [0.2, 0.25) is 0 Å². The van der Waals surface area contributed by atoms with E-state index in [1.54, 1.807) is 49.3 Å². The van der Waals surface area contributed by atoms with Gasteiger partial charge in [0.05, 0.1) is 6.54 Å². The second-order valence-electron chi connectivity index (χ2n) is 5.24. The highest BCUT2D eigenvalue weighted by Gasteiger charge is 2.08. The first-order chi connectivity index (χ1) is 11.0. The molecule has 1 aromatic heterocycles. The first kappa shape index (κ1) is 16.5. The van der Waals surface area contributed by atoms with Crippen molar-refractivity contribution in [3.05, 3.63) is 65.1 Å². The van der Waals surface area contributed by atoms with Gasteiger partial charge in [-0.25, -0.2) is 0 Å². The Bertz CT molecular complexity index is 714. The van der Waals surface area contributed by atoms with Crippen LogP contribution in [0.15, 0.2) is 46.9 Å². The summed E-state index contributed by atoms with van der Waals surface area (Å²) < 4.78 is 5.46. The number of hydrogen-bond acceptors (Lipinski definition) is 3. The SMILES string of the molecule is CNC(=O)c1ccc(/C=C/C(=O)N(C)Cc2ccc(C)o2)cc1. The average Bonchev–Trinajstić information content (AvgIpc) is 2.97. The molecule has 0 atom stereocenters. The minimum atomic E-state index is -0.134. The minimum Gasteiger partial charge on any atom is -0.464 e. The first-order valence-electron chi connectivity index (χ1n) is 7.30. The Kier molecular flexibility index (Phi) is 5.36. The summed E-state index contributed by atoms with van der Waals surface area (Å²) in [6.45, 7) is 2.29. The standard InChI is InChI=1S/C18H20N2O3/c1-13-4-10-16(23-13)12-20(3)17(21)11-7-14-5-8-15(9-6-14)18(22)19-2/h4-11H,12H2,1-3H3,(H,19,22)/b11-7+. The molecule has 0 aliphatic rings. The minimum absolute atomic E-state index is 0.116. The Morgan fingerprint density at radius 3 is 2.43 bits per heavy atom. The van der Waals surface area contributed by atoms with Gasteiger partial charge in [0.2, 0.25) is 5.91 Å². The van der Waals surface area contributed by atoms with Crippen LogP contribution in [0, 0.1) is 6.92 Å². The lowest BCUT2D eigenvalue weighted by atomic mass is 10.1. The largest absolute Gasteiger partial charge is 0.464 e. The molecule has 2 amide bonds. The van der Waals surface area contributed by atoms with Crippen LogP contribution in [0.5, 0.6) is 0 Å². The van der Waals surface area contributed by atoms with Crippen LogP contribution in [-0.2, 0) is 11.3 Å². The Morgan fingerprint density at radius 2 is 1.87 bits per heavy atom. The molecular weight excluding hydrogens is 292 g/mol. The van der Waals surface area contributed by atoms with E-state index in [-0.39, 0.29) is 11.8 Å². The topological polar surface area (TPSA) is 62.6 Å². The number of furan rings is 1. The van der Waals surface area contributed by atoms with Crippen LogP contribution >= 0.6 is 0 Å². The summed E-state index contributed by atoms with van der Waals surface area (Å²) in [7, 11) is 3.31. The summed E-state index contributed by atoms with van der Waals surface area (Å²) >= 11 is 0. The quantitative estimate of drug-likeness (QED) is 0.863. The van der Waals surface area contributed by atoms with Gasteiger partial charge in [0.1, 0.15) is 11.5 Å². The maximum Gasteiger partial charge on any atom is 0.251 e. The fourth-order valence-corrected chi connectivity index (χ4v) is 2.07. The highest BCUT2D eigenvalue weighted by Crippen LogP contribution is 2.10. The Balaban J connectivity index is 1.95. The zero-order valence-electron chi connectivity index (χ0n) is 13.5. The van der Waals surface area contributed by atoms with Crippen molar-refractivity contribution in [1.82, 2.24) is 10.2 Å². The van der Waals surface area contributed by atoms with Gasteiger partial charge in [0, 0.05) is 25.7 Å². The van der Waals surface area contributed by atoms with Crippen molar-refractivity contribution in [2.24, 2.45) is 0 Å². The summed E-state index contributed by atoms with van der Waals surface area (Å²) in [5.74, 6) is 1.33. The van der Waals surface area contributed by atoms with Crippen molar-refractivity contribution in [3.63, 3.8) is 0 Å². The van der Waals surface area contributed by atoms with Gasteiger partial charge in [-0.2, -0.15) is 0 Å². The normalized spacial score (nSPS) is 10.7. The van der Waals surface area contributed by atoms with Gasteiger partial charge in [-0.15, -0.1) is 0 Å².